The number of amides is 1. The van der Waals surface area contributed by atoms with Crippen molar-refractivity contribution in [3.63, 3.8) is 0 Å². The fourth-order valence-electron chi connectivity index (χ4n) is 2.59. The number of para-hydroxylation sites is 1. The van der Waals surface area contributed by atoms with E-state index < -0.39 is 0 Å². The van der Waals surface area contributed by atoms with Gasteiger partial charge in [0.05, 0.1) is 17.7 Å². The second kappa shape index (κ2) is 7.53. The van der Waals surface area contributed by atoms with Crippen LogP contribution in [-0.2, 0) is 9.53 Å². The fraction of sp³-hybridized carbons (Fsp3) is 0.263. The molecule has 1 saturated heterocycles. The topological polar surface area (TPSA) is 41.9 Å². The standard InChI is InChI=1S/C19H20N2O2S/c1-3-12-21-18(22)17(14-8-7-11-16(13-14)23-2)24-19(21)20-15-9-5-4-6-10-15/h4-7,9-11,13H,3,8,12H2,1-2H3. The highest BCUT2D eigenvalue weighted by molar-refractivity contribution is 8.18. The van der Waals surface area contributed by atoms with Crippen molar-refractivity contribution in [2.24, 2.45) is 4.99 Å². The number of hydrogen-bond acceptors (Lipinski definition) is 4. The molecule has 0 radical (unpaired) electrons. The third-order valence-electron chi connectivity index (χ3n) is 3.76. The molecule has 1 aliphatic carbocycles. The largest absolute Gasteiger partial charge is 0.497 e. The Labute approximate surface area is 146 Å². The van der Waals surface area contributed by atoms with Crippen LogP contribution >= 0.6 is 11.8 Å². The summed E-state index contributed by atoms with van der Waals surface area (Å²) in [6.07, 6.45) is 7.51. The summed E-state index contributed by atoms with van der Waals surface area (Å²) < 4.78 is 5.29. The van der Waals surface area contributed by atoms with Crippen molar-refractivity contribution in [1.82, 2.24) is 4.90 Å². The lowest BCUT2D eigenvalue weighted by molar-refractivity contribution is -0.122. The molecular weight excluding hydrogens is 320 g/mol. The summed E-state index contributed by atoms with van der Waals surface area (Å²) in [5.41, 5.74) is 1.85. The van der Waals surface area contributed by atoms with Gasteiger partial charge in [-0.15, -0.1) is 0 Å². The first-order chi connectivity index (χ1) is 11.7. The van der Waals surface area contributed by atoms with Gasteiger partial charge >= 0.3 is 0 Å². The summed E-state index contributed by atoms with van der Waals surface area (Å²) in [4.78, 5) is 20.1. The maximum Gasteiger partial charge on any atom is 0.267 e. The molecule has 0 saturated carbocycles. The highest BCUT2D eigenvalue weighted by atomic mass is 32.2. The second-order valence-electron chi connectivity index (χ2n) is 5.50. The van der Waals surface area contributed by atoms with Crippen molar-refractivity contribution in [3.8, 4) is 0 Å². The van der Waals surface area contributed by atoms with Crippen LogP contribution in [0.1, 0.15) is 19.8 Å². The Balaban J connectivity index is 1.97. The van der Waals surface area contributed by atoms with Crippen LogP contribution < -0.4 is 0 Å². The highest BCUT2D eigenvalue weighted by Gasteiger charge is 2.34. The van der Waals surface area contributed by atoms with E-state index in [9.17, 15) is 4.79 Å². The lowest BCUT2D eigenvalue weighted by atomic mass is 10.1. The molecule has 1 aromatic carbocycles. The number of hydrogen-bond donors (Lipinski definition) is 0. The molecular formula is C19H20N2O2S. The molecule has 1 amide bonds. The zero-order chi connectivity index (χ0) is 16.9. The Hall–Kier alpha value is -2.27. The maximum atomic E-state index is 12.9. The molecule has 0 bridgehead atoms. The molecule has 2 aliphatic rings. The normalized spacial score (nSPS) is 22.2. The van der Waals surface area contributed by atoms with Gasteiger partial charge in [-0.2, -0.15) is 0 Å². The third kappa shape index (κ3) is 3.46. The van der Waals surface area contributed by atoms with E-state index in [0.717, 1.165) is 39.9 Å². The van der Waals surface area contributed by atoms with Gasteiger partial charge in [-0.05, 0) is 54.5 Å². The van der Waals surface area contributed by atoms with Crippen molar-refractivity contribution >= 4 is 28.5 Å². The van der Waals surface area contributed by atoms with Gasteiger partial charge < -0.3 is 4.74 Å². The lowest BCUT2D eigenvalue weighted by Gasteiger charge is -2.14. The first-order valence-electron chi connectivity index (χ1n) is 8.01. The van der Waals surface area contributed by atoms with E-state index in [-0.39, 0.29) is 5.91 Å². The van der Waals surface area contributed by atoms with Crippen LogP contribution in [0.3, 0.4) is 0 Å². The van der Waals surface area contributed by atoms with E-state index in [1.165, 1.54) is 11.8 Å². The molecule has 3 rings (SSSR count). The maximum absolute atomic E-state index is 12.9. The molecule has 0 spiro atoms. The Kier molecular flexibility index (Phi) is 5.20. The Morgan fingerprint density at radius 2 is 2.08 bits per heavy atom. The van der Waals surface area contributed by atoms with Gasteiger partial charge in [0, 0.05) is 6.54 Å². The van der Waals surface area contributed by atoms with Crippen LogP contribution in [0.2, 0.25) is 0 Å². The number of carbonyl (C=O) groups is 1. The number of nitrogens with zero attached hydrogens (tertiary/aromatic N) is 2. The monoisotopic (exact) mass is 340 g/mol. The summed E-state index contributed by atoms with van der Waals surface area (Å²) in [7, 11) is 1.64. The average Bonchev–Trinajstić information content (AvgIpc) is 2.92. The molecule has 0 aromatic heterocycles. The van der Waals surface area contributed by atoms with Crippen LogP contribution in [0.4, 0.5) is 5.69 Å². The molecule has 1 fully saturated rings. The first kappa shape index (κ1) is 16.6. The number of benzene rings is 1. The van der Waals surface area contributed by atoms with Crippen molar-refractivity contribution in [2.75, 3.05) is 13.7 Å². The van der Waals surface area contributed by atoms with Crippen LogP contribution in [0.25, 0.3) is 0 Å². The Morgan fingerprint density at radius 1 is 1.29 bits per heavy atom. The molecule has 5 heteroatoms. The predicted octanol–water partition coefficient (Wildman–Crippen LogP) is 4.40. The highest BCUT2D eigenvalue weighted by Crippen LogP contribution is 2.37. The molecule has 1 aromatic rings. The van der Waals surface area contributed by atoms with E-state index in [1.807, 2.05) is 48.6 Å². The molecule has 0 atom stereocenters. The number of carbonyl (C=O) groups excluding carboxylic acids is 1. The number of aliphatic imine (C=N–C) groups is 1. The number of allylic oxidation sites excluding steroid dienone is 4. The Bertz CT molecular complexity index is 748. The predicted molar refractivity (Wildman–Crippen MR) is 99.0 cm³/mol. The van der Waals surface area contributed by atoms with Crippen LogP contribution in [-0.4, -0.2) is 29.6 Å². The van der Waals surface area contributed by atoms with E-state index >= 15 is 0 Å². The van der Waals surface area contributed by atoms with Crippen LogP contribution in [0, 0.1) is 0 Å². The molecule has 4 nitrogen and oxygen atoms in total. The number of thioether (sulfide) groups is 1. The molecule has 0 N–H and O–H groups in total. The first-order valence-corrected chi connectivity index (χ1v) is 8.83. The van der Waals surface area contributed by atoms with Crippen molar-refractivity contribution in [3.05, 3.63) is 64.8 Å². The second-order valence-corrected chi connectivity index (χ2v) is 6.48. The molecule has 1 heterocycles. The fourth-order valence-corrected chi connectivity index (χ4v) is 3.67. The van der Waals surface area contributed by atoms with Crippen molar-refractivity contribution in [2.45, 2.75) is 19.8 Å². The minimum Gasteiger partial charge on any atom is -0.497 e. The summed E-state index contributed by atoms with van der Waals surface area (Å²) >= 11 is 1.45. The third-order valence-corrected chi connectivity index (χ3v) is 4.89. The van der Waals surface area contributed by atoms with Gasteiger partial charge in [0.1, 0.15) is 5.76 Å². The van der Waals surface area contributed by atoms with Crippen LogP contribution in [0.15, 0.2) is 69.8 Å². The van der Waals surface area contributed by atoms with Crippen LogP contribution in [0.5, 0.6) is 0 Å². The lowest BCUT2D eigenvalue weighted by Crippen LogP contribution is -2.30. The number of methoxy groups -OCH3 is 1. The number of amidine groups is 1. The quantitative estimate of drug-likeness (QED) is 0.763. The summed E-state index contributed by atoms with van der Waals surface area (Å²) in [6, 6.07) is 9.74. The minimum absolute atomic E-state index is 0.0357. The van der Waals surface area contributed by atoms with E-state index in [2.05, 4.69) is 11.9 Å². The van der Waals surface area contributed by atoms with E-state index in [1.54, 1.807) is 12.0 Å². The van der Waals surface area contributed by atoms with Gasteiger partial charge in [-0.3, -0.25) is 9.69 Å². The summed E-state index contributed by atoms with van der Waals surface area (Å²) in [5, 5.41) is 0.748. The smallest absolute Gasteiger partial charge is 0.267 e. The van der Waals surface area contributed by atoms with Gasteiger partial charge in [-0.25, -0.2) is 4.99 Å². The van der Waals surface area contributed by atoms with Crippen molar-refractivity contribution in [1.29, 1.82) is 0 Å². The van der Waals surface area contributed by atoms with Gasteiger partial charge in [-0.1, -0.05) is 31.2 Å². The molecule has 1 aliphatic heterocycles. The van der Waals surface area contributed by atoms with Gasteiger partial charge in [0.15, 0.2) is 5.17 Å². The number of rotatable bonds is 4. The van der Waals surface area contributed by atoms with Gasteiger partial charge in [0.25, 0.3) is 5.91 Å². The molecule has 0 unspecified atom stereocenters. The van der Waals surface area contributed by atoms with Crippen molar-refractivity contribution < 1.29 is 9.53 Å². The molecule has 24 heavy (non-hydrogen) atoms. The Morgan fingerprint density at radius 3 is 2.79 bits per heavy atom. The number of ether oxygens (including phenoxy) is 1. The average molecular weight is 340 g/mol. The van der Waals surface area contributed by atoms with Gasteiger partial charge in [0.2, 0.25) is 0 Å². The zero-order valence-electron chi connectivity index (χ0n) is 13.9. The summed E-state index contributed by atoms with van der Waals surface area (Å²) in [5.74, 6) is 0.807. The summed E-state index contributed by atoms with van der Waals surface area (Å²) in [6.45, 7) is 2.74. The minimum atomic E-state index is 0.0357. The molecule has 124 valence electrons. The van der Waals surface area contributed by atoms with E-state index in [0.29, 0.717) is 6.54 Å². The SMILES string of the molecule is CCCN1C(=O)C(=C2C=C(OC)C=CC2)SC1=Nc1ccccc1. The zero-order valence-corrected chi connectivity index (χ0v) is 14.7. The van der Waals surface area contributed by atoms with E-state index in [4.69, 9.17) is 4.74 Å².